The molecule has 0 bridgehead atoms. The van der Waals surface area contributed by atoms with Gasteiger partial charge in [-0.05, 0) is 86.0 Å². The number of nitrogens with two attached hydrogens (primary N) is 1. The van der Waals surface area contributed by atoms with E-state index in [0.717, 1.165) is 5.01 Å². The lowest BCUT2D eigenvalue weighted by molar-refractivity contribution is -0.177. The molecular weight excluding hydrogens is 556 g/mol. The van der Waals surface area contributed by atoms with E-state index < -0.39 is 52.6 Å². The Morgan fingerprint density at radius 3 is 1.81 bits per heavy atom. The maximum absolute atomic E-state index is 13.1. The van der Waals surface area contributed by atoms with Gasteiger partial charge in [0, 0.05) is 0 Å². The summed E-state index contributed by atoms with van der Waals surface area (Å²) in [5.74, 6) is 4.13. The van der Waals surface area contributed by atoms with E-state index in [2.05, 4.69) is 0 Å². The Labute approximate surface area is 259 Å². The summed E-state index contributed by atoms with van der Waals surface area (Å²) in [6.07, 6.45) is 0.452. The number of nitrogens with zero attached hydrogens (tertiary/aromatic N) is 1. The number of rotatable bonds is 19. The van der Waals surface area contributed by atoms with Gasteiger partial charge >= 0.3 is 17.9 Å². The summed E-state index contributed by atoms with van der Waals surface area (Å²) < 4.78 is 22.2. The number of hydrogen-bond acceptors (Lipinski definition) is 11. The Morgan fingerprint density at radius 2 is 1.33 bits per heavy atom. The third kappa shape index (κ3) is 17.7. The van der Waals surface area contributed by atoms with Crippen molar-refractivity contribution in [1.82, 2.24) is 5.01 Å². The van der Waals surface area contributed by atoms with E-state index in [0.29, 0.717) is 19.3 Å². The molecule has 11 heteroatoms. The monoisotopic (exact) mass is 616 g/mol. The van der Waals surface area contributed by atoms with E-state index >= 15 is 0 Å². The van der Waals surface area contributed by atoms with Gasteiger partial charge in [0.25, 0.3) is 0 Å². The number of esters is 3. The third-order valence-electron chi connectivity index (χ3n) is 6.63. The second kappa shape index (κ2) is 16.3. The zero-order valence-corrected chi connectivity index (χ0v) is 29.0. The molecule has 252 valence electrons. The van der Waals surface area contributed by atoms with Gasteiger partial charge in [0.2, 0.25) is 0 Å². The van der Waals surface area contributed by atoms with Gasteiger partial charge in [-0.3, -0.25) is 25.0 Å². The zero-order valence-electron chi connectivity index (χ0n) is 29.0. The van der Waals surface area contributed by atoms with Gasteiger partial charge in [-0.1, -0.05) is 34.6 Å². The average molecular weight is 617 g/mol. The number of ketones is 1. The van der Waals surface area contributed by atoms with E-state index in [1.807, 2.05) is 34.6 Å². The molecular formula is C32H60N2O9. The van der Waals surface area contributed by atoms with Crippen molar-refractivity contribution in [3.8, 4) is 0 Å². The number of ether oxygens (including phenoxy) is 4. The van der Waals surface area contributed by atoms with Crippen LogP contribution in [0, 0.1) is 22.2 Å². The highest BCUT2D eigenvalue weighted by molar-refractivity contribution is 5.88. The Hall–Kier alpha value is -2.08. The van der Waals surface area contributed by atoms with Crippen molar-refractivity contribution in [3.05, 3.63) is 0 Å². The molecule has 0 rings (SSSR count). The molecule has 0 saturated heterocycles. The van der Waals surface area contributed by atoms with Crippen LogP contribution in [0.4, 0.5) is 0 Å². The SMILES string of the molecule is CC(C)CC(C)(C)C(=O)OCC(COC(=O)CN(N)CC(=O)C(C)(C)OCCC(C)(C)O)OC(=O)C(C)(C)CC(C)(C)C. The number of aliphatic hydroxyl groups is 1. The van der Waals surface area contributed by atoms with E-state index in [-0.39, 0.29) is 43.5 Å². The third-order valence-corrected chi connectivity index (χ3v) is 6.63. The smallest absolute Gasteiger partial charge is 0.321 e. The minimum Gasteiger partial charge on any atom is -0.461 e. The molecule has 0 aliphatic heterocycles. The highest BCUT2D eigenvalue weighted by atomic mass is 16.6. The first-order valence-electron chi connectivity index (χ1n) is 15.1. The summed E-state index contributed by atoms with van der Waals surface area (Å²) >= 11 is 0. The summed E-state index contributed by atoms with van der Waals surface area (Å²) in [4.78, 5) is 51.2. The van der Waals surface area contributed by atoms with Crippen molar-refractivity contribution in [2.75, 3.05) is 32.9 Å². The summed E-state index contributed by atoms with van der Waals surface area (Å²) in [6, 6.07) is 0. The van der Waals surface area contributed by atoms with Crippen molar-refractivity contribution < 1.29 is 43.2 Å². The molecule has 0 fully saturated rings. The van der Waals surface area contributed by atoms with Crippen LogP contribution in [0.3, 0.4) is 0 Å². The molecule has 0 aromatic carbocycles. The predicted octanol–water partition coefficient (Wildman–Crippen LogP) is 4.22. The fourth-order valence-electron chi connectivity index (χ4n) is 4.76. The van der Waals surface area contributed by atoms with Crippen LogP contribution in [0.1, 0.15) is 109 Å². The molecule has 0 radical (unpaired) electrons. The molecule has 1 unspecified atom stereocenters. The van der Waals surface area contributed by atoms with Crippen LogP contribution in [0.2, 0.25) is 0 Å². The van der Waals surface area contributed by atoms with Gasteiger partial charge in [-0.2, -0.15) is 0 Å². The Balaban J connectivity index is 5.32. The number of carbonyl (C=O) groups is 4. The van der Waals surface area contributed by atoms with Crippen LogP contribution < -0.4 is 5.84 Å². The molecule has 0 aromatic heterocycles. The Kier molecular flexibility index (Phi) is 15.5. The molecule has 11 nitrogen and oxygen atoms in total. The molecule has 0 aromatic rings. The maximum atomic E-state index is 13.1. The minimum atomic E-state index is -1.18. The van der Waals surface area contributed by atoms with Crippen molar-refractivity contribution >= 4 is 23.7 Å². The molecule has 3 N–H and O–H groups in total. The normalized spacial score (nSPS) is 14.1. The van der Waals surface area contributed by atoms with E-state index in [1.54, 1.807) is 55.4 Å². The highest BCUT2D eigenvalue weighted by Crippen LogP contribution is 2.34. The highest BCUT2D eigenvalue weighted by Gasteiger charge is 2.37. The molecule has 0 aliphatic carbocycles. The van der Waals surface area contributed by atoms with Gasteiger partial charge in [0.05, 0.1) is 29.6 Å². The Morgan fingerprint density at radius 1 is 0.791 bits per heavy atom. The van der Waals surface area contributed by atoms with Crippen molar-refractivity contribution in [2.45, 2.75) is 127 Å². The maximum Gasteiger partial charge on any atom is 0.321 e. The molecule has 0 aliphatic rings. The standard InChI is InChI=1S/C32H60N2O9/c1-22(2)16-29(6,7)26(37)41-20-23(43-27(38)30(8,9)21-28(3,4)5)19-40-25(36)18-34(33)17-24(35)32(12,13)42-15-14-31(10,11)39/h22-23,39H,14-21,33H2,1-13H3. The fourth-order valence-corrected chi connectivity index (χ4v) is 4.76. The summed E-state index contributed by atoms with van der Waals surface area (Å²) in [6.45, 7) is 22.5. The van der Waals surface area contributed by atoms with E-state index in [9.17, 15) is 24.3 Å². The molecule has 0 heterocycles. The number of carbonyl (C=O) groups excluding carboxylic acids is 4. The number of Topliss-reactive ketones (excluding diaryl/α,β-unsaturated/α-hetero) is 1. The molecule has 1 atom stereocenters. The van der Waals surface area contributed by atoms with Crippen molar-refractivity contribution in [1.29, 1.82) is 0 Å². The van der Waals surface area contributed by atoms with Gasteiger partial charge in [-0.25, -0.2) is 5.01 Å². The lowest BCUT2D eigenvalue weighted by atomic mass is 9.76. The Bertz CT molecular complexity index is 928. The van der Waals surface area contributed by atoms with Gasteiger partial charge < -0.3 is 24.1 Å². The largest absolute Gasteiger partial charge is 0.461 e. The zero-order chi connectivity index (χ0) is 34.0. The minimum absolute atomic E-state index is 0.144. The van der Waals surface area contributed by atoms with Crippen LogP contribution >= 0.6 is 0 Å². The lowest BCUT2D eigenvalue weighted by Crippen LogP contribution is -2.48. The van der Waals surface area contributed by atoms with Crippen LogP contribution in [0.25, 0.3) is 0 Å². The first kappa shape index (κ1) is 40.9. The predicted molar refractivity (Wildman–Crippen MR) is 165 cm³/mol. The van der Waals surface area contributed by atoms with Crippen molar-refractivity contribution in [2.24, 2.45) is 28.0 Å². The molecule has 0 spiro atoms. The fraction of sp³-hybridized carbons (Fsp3) is 0.875. The summed E-state index contributed by atoms with van der Waals surface area (Å²) in [5, 5.41) is 10.9. The number of hydrogen-bond donors (Lipinski definition) is 2. The summed E-state index contributed by atoms with van der Waals surface area (Å²) in [7, 11) is 0. The number of hydrazine groups is 1. The van der Waals surface area contributed by atoms with Crippen LogP contribution in [-0.2, 0) is 38.1 Å². The van der Waals surface area contributed by atoms with Crippen molar-refractivity contribution in [3.63, 3.8) is 0 Å². The topological polar surface area (TPSA) is 155 Å². The quantitative estimate of drug-likeness (QED) is 0.0927. The van der Waals surface area contributed by atoms with E-state index in [1.165, 1.54) is 0 Å². The molecule has 0 saturated carbocycles. The van der Waals surface area contributed by atoms with Crippen LogP contribution in [0.15, 0.2) is 0 Å². The van der Waals surface area contributed by atoms with Gasteiger partial charge in [-0.15, -0.1) is 0 Å². The molecule has 43 heavy (non-hydrogen) atoms. The van der Waals surface area contributed by atoms with E-state index in [4.69, 9.17) is 24.8 Å². The second-order valence-electron chi connectivity index (χ2n) is 15.7. The van der Waals surface area contributed by atoms with Gasteiger partial charge in [0.15, 0.2) is 11.9 Å². The lowest BCUT2D eigenvalue weighted by Gasteiger charge is -2.32. The van der Waals surface area contributed by atoms with Gasteiger partial charge in [0.1, 0.15) is 25.4 Å². The average Bonchev–Trinajstić information content (AvgIpc) is 2.76. The summed E-state index contributed by atoms with van der Waals surface area (Å²) in [5.41, 5.74) is -3.84. The van der Waals surface area contributed by atoms with Crippen LogP contribution in [-0.4, -0.2) is 84.0 Å². The first-order valence-corrected chi connectivity index (χ1v) is 15.1. The first-order chi connectivity index (χ1) is 19.2. The van der Waals surface area contributed by atoms with Crippen LogP contribution in [0.5, 0.6) is 0 Å². The molecule has 0 amide bonds. The second-order valence-corrected chi connectivity index (χ2v) is 15.7.